The second-order valence-corrected chi connectivity index (χ2v) is 8.87. The maximum atomic E-state index is 12.8. The highest BCUT2D eigenvalue weighted by atomic mass is 16.5. The van der Waals surface area contributed by atoms with Crippen molar-refractivity contribution < 1.29 is 19.1 Å². The molecule has 1 heterocycles. The summed E-state index contributed by atoms with van der Waals surface area (Å²) in [5.41, 5.74) is 3.01. The van der Waals surface area contributed by atoms with Crippen LogP contribution in [0.5, 0.6) is 11.5 Å². The highest BCUT2D eigenvalue weighted by molar-refractivity contribution is 6.04. The summed E-state index contributed by atoms with van der Waals surface area (Å²) in [5.74, 6) is 1.29. The lowest BCUT2D eigenvalue weighted by molar-refractivity contribution is 0.0746. The molecule has 1 N–H and O–H groups in total. The van der Waals surface area contributed by atoms with Crippen LogP contribution in [0.15, 0.2) is 72.8 Å². The highest BCUT2D eigenvalue weighted by Crippen LogP contribution is 2.22. The van der Waals surface area contributed by atoms with Crippen molar-refractivity contribution in [3.8, 4) is 11.5 Å². The van der Waals surface area contributed by atoms with Gasteiger partial charge in [-0.3, -0.25) is 9.59 Å². The minimum Gasteiger partial charge on any atom is -0.497 e. The summed E-state index contributed by atoms with van der Waals surface area (Å²) >= 11 is 0. The van der Waals surface area contributed by atoms with Crippen LogP contribution in [0.25, 0.3) is 0 Å². The fourth-order valence-electron chi connectivity index (χ4n) is 4.07. The van der Waals surface area contributed by atoms with Crippen LogP contribution in [0.3, 0.4) is 0 Å². The van der Waals surface area contributed by atoms with Crippen LogP contribution in [-0.4, -0.2) is 56.1 Å². The Bertz CT molecular complexity index is 1170. The normalized spacial score (nSPS) is 14.2. The Balaban J connectivity index is 1.31. The number of hydrogen-bond donors (Lipinski definition) is 1. The number of carbonyl (C=O) groups excluding carboxylic acids is 2. The van der Waals surface area contributed by atoms with Gasteiger partial charge in [0.2, 0.25) is 0 Å². The van der Waals surface area contributed by atoms with E-state index in [0.717, 1.165) is 36.6 Å². The molecule has 3 aromatic carbocycles. The van der Waals surface area contributed by atoms with E-state index in [4.69, 9.17) is 9.47 Å². The first-order chi connectivity index (χ1) is 17.5. The molecule has 0 spiro atoms. The van der Waals surface area contributed by atoms with Gasteiger partial charge >= 0.3 is 0 Å². The Morgan fingerprint density at radius 3 is 2.22 bits per heavy atom. The van der Waals surface area contributed by atoms with Crippen molar-refractivity contribution in [1.82, 2.24) is 4.90 Å². The van der Waals surface area contributed by atoms with E-state index in [0.29, 0.717) is 30.0 Å². The molecular weight excluding hydrogens is 454 g/mol. The van der Waals surface area contributed by atoms with E-state index < -0.39 is 0 Å². The average Bonchev–Trinajstić information content (AvgIpc) is 2.93. The monoisotopic (exact) mass is 487 g/mol. The van der Waals surface area contributed by atoms with Crippen LogP contribution in [-0.2, 0) is 0 Å². The predicted octanol–water partition coefficient (Wildman–Crippen LogP) is 5.09. The molecule has 2 amide bonds. The summed E-state index contributed by atoms with van der Waals surface area (Å²) in [7, 11) is 1.61. The molecule has 1 fully saturated rings. The van der Waals surface area contributed by atoms with E-state index in [2.05, 4.69) is 17.1 Å². The standard InChI is InChI=1S/C29H33N3O4/c1-4-21(2)36-27-7-5-6-23(20-27)28(33)30-24-10-12-25(13-11-24)31-16-18-32(19-17-31)29(34)22-8-14-26(35-3)15-9-22/h5-15,20-21H,4,16-19H2,1-3H3,(H,30,33)/t21-/m1/s1. The fourth-order valence-corrected chi connectivity index (χ4v) is 4.07. The predicted molar refractivity (Wildman–Crippen MR) is 142 cm³/mol. The first-order valence-corrected chi connectivity index (χ1v) is 12.3. The van der Waals surface area contributed by atoms with Gasteiger partial charge in [0.15, 0.2) is 0 Å². The molecule has 188 valence electrons. The van der Waals surface area contributed by atoms with Crippen molar-refractivity contribution in [3.05, 3.63) is 83.9 Å². The van der Waals surface area contributed by atoms with Crippen LogP contribution in [0, 0.1) is 0 Å². The smallest absolute Gasteiger partial charge is 0.255 e. The Morgan fingerprint density at radius 1 is 0.889 bits per heavy atom. The zero-order valence-corrected chi connectivity index (χ0v) is 21.1. The van der Waals surface area contributed by atoms with E-state index in [1.54, 1.807) is 43.5 Å². The van der Waals surface area contributed by atoms with Crippen molar-refractivity contribution in [1.29, 1.82) is 0 Å². The zero-order valence-electron chi connectivity index (χ0n) is 21.1. The Hall–Kier alpha value is -4.00. The third-order valence-electron chi connectivity index (χ3n) is 6.40. The summed E-state index contributed by atoms with van der Waals surface area (Å²) in [6, 6.07) is 22.3. The Kier molecular flexibility index (Phi) is 8.10. The Labute approximate surface area is 212 Å². The first-order valence-electron chi connectivity index (χ1n) is 12.3. The minimum absolute atomic E-state index is 0.0361. The van der Waals surface area contributed by atoms with Gasteiger partial charge in [-0.25, -0.2) is 0 Å². The number of piperazine rings is 1. The van der Waals surface area contributed by atoms with Gasteiger partial charge in [0.05, 0.1) is 13.2 Å². The number of rotatable bonds is 8. The van der Waals surface area contributed by atoms with Crippen molar-refractivity contribution in [3.63, 3.8) is 0 Å². The number of amides is 2. The summed E-state index contributed by atoms with van der Waals surface area (Å²) in [6.07, 6.45) is 0.995. The summed E-state index contributed by atoms with van der Waals surface area (Å²) in [5, 5.41) is 2.96. The SMILES string of the molecule is CC[C@@H](C)Oc1cccc(C(=O)Nc2ccc(N3CCN(C(=O)c4ccc(OC)cc4)CC3)cc2)c1. The maximum absolute atomic E-state index is 12.8. The quantitative estimate of drug-likeness (QED) is 0.479. The number of hydrogen-bond acceptors (Lipinski definition) is 5. The van der Waals surface area contributed by atoms with Crippen molar-refractivity contribution in [2.24, 2.45) is 0 Å². The summed E-state index contributed by atoms with van der Waals surface area (Å²) < 4.78 is 11.0. The molecule has 4 rings (SSSR count). The van der Waals surface area contributed by atoms with Crippen molar-refractivity contribution >= 4 is 23.2 Å². The third-order valence-corrected chi connectivity index (χ3v) is 6.40. The molecule has 36 heavy (non-hydrogen) atoms. The molecule has 0 radical (unpaired) electrons. The van der Waals surface area contributed by atoms with E-state index in [1.165, 1.54) is 0 Å². The molecule has 1 saturated heterocycles. The molecule has 7 nitrogen and oxygen atoms in total. The topological polar surface area (TPSA) is 71.1 Å². The van der Waals surface area contributed by atoms with Gasteiger partial charge < -0.3 is 24.6 Å². The zero-order chi connectivity index (χ0) is 25.5. The average molecular weight is 488 g/mol. The molecule has 0 aromatic heterocycles. The molecule has 1 aliphatic heterocycles. The van der Waals surface area contributed by atoms with Gasteiger partial charge in [-0.1, -0.05) is 13.0 Å². The largest absolute Gasteiger partial charge is 0.497 e. The molecule has 1 atom stereocenters. The molecule has 0 unspecified atom stereocenters. The van der Waals surface area contributed by atoms with Gasteiger partial charge in [-0.05, 0) is 80.1 Å². The van der Waals surface area contributed by atoms with Crippen LogP contribution >= 0.6 is 0 Å². The molecule has 1 aliphatic rings. The number of carbonyl (C=O) groups is 2. The molecule has 0 aliphatic carbocycles. The van der Waals surface area contributed by atoms with E-state index >= 15 is 0 Å². The lowest BCUT2D eigenvalue weighted by Crippen LogP contribution is -2.48. The third kappa shape index (κ3) is 6.16. The summed E-state index contributed by atoms with van der Waals surface area (Å²) in [6.45, 7) is 6.86. The van der Waals surface area contributed by atoms with E-state index in [1.807, 2.05) is 48.2 Å². The lowest BCUT2D eigenvalue weighted by Gasteiger charge is -2.36. The number of ether oxygens (including phenoxy) is 2. The molecule has 0 saturated carbocycles. The van der Waals surface area contributed by atoms with Crippen LogP contribution in [0.4, 0.5) is 11.4 Å². The van der Waals surface area contributed by atoms with Gasteiger partial charge in [-0.15, -0.1) is 0 Å². The number of nitrogens with one attached hydrogen (secondary N) is 1. The Morgan fingerprint density at radius 2 is 1.58 bits per heavy atom. The number of methoxy groups -OCH3 is 1. The minimum atomic E-state index is -0.178. The van der Waals surface area contributed by atoms with Gasteiger partial charge in [0.1, 0.15) is 11.5 Å². The number of nitrogens with zero attached hydrogens (tertiary/aromatic N) is 2. The van der Waals surface area contributed by atoms with Crippen molar-refractivity contribution in [2.45, 2.75) is 26.4 Å². The molecule has 0 bridgehead atoms. The second kappa shape index (κ2) is 11.6. The van der Waals surface area contributed by atoms with Crippen LogP contribution in [0.1, 0.15) is 41.0 Å². The van der Waals surface area contributed by atoms with E-state index in [9.17, 15) is 9.59 Å². The molecule has 7 heteroatoms. The molecular formula is C29H33N3O4. The van der Waals surface area contributed by atoms with Crippen molar-refractivity contribution in [2.75, 3.05) is 43.5 Å². The fraction of sp³-hybridized carbons (Fsp3) is 0.310. The first kappa shape index (κ1) is 25.1. The summed E-state index contributed by atoms with van der Waals surface area (Å²) in [4.78, 5) is 29.7. The van der Waals surface area contributed by atoms with Gasteiger partial charge in [0, 0.05) is 48.7 Å². The van der Waals surface area contributed by atoms with E-state index in [-0.39, 0.29) is 17.9 Å². The second-order valence-electron chi connectivity index (χ2n) is 8.87. The number of anilines is 2. The molecule has 3 aromatic rings. The van der Waals surface area contributed by atoms with Crippen LogP contribution < -0.4 is 19.7 Å². The number of benzene rings is 3. The highest BCUT2D eigenvalue weighted by Gasteiger charge is 2.22. The van der Waals surface area contributed by atoms with Gasteiger partial charge in [-0.2, -0.15) is 0 Å². The van der Waals surface area contributed by atoms with Crippen LogP contribution in [0.2, 0.25) is 0 Å². The van der Waals surface area contributed by atoms with Gasteiger partial charge in [0.25, 0.3) is 11.8 Å². The lowest BCUT2D eigenvalue weighted by atomic mass is 10.1. The maximum Gasteiger partial charge on any atom is 0.255 e.